The fourth-order valence-corrected chi connectivity index (χ4v) is 13.7. The number of hydrogen-bond acceptors (Lipinski definition) is 23. The molecule has 12 aromatic rings. The van der Waals surface area contributed by atoms with E-state index in [9.17, 15) is 40.7 Å². The molecule has 0 aliphatic carbocycles. The van der Waals surface area contributed by atoms with Crippen molar-refractivity contribution in [3.63, 3.8) is 0 Å². The van der Waals surface area contributed by atoms with E-state index in [4.69, 9.17) is 9.47 Å². The van der Waals surface area contributed by atoms with Crippen LogP contribution in [0.2, 0.25) is 0 Å². The van der Waals surface area contributed by atoms with Gasteiger partial charge < -0.3 is 54.0 Å². The third-order valence-corrected chi connectivity index (χ3v) is 20.3. The highest BCUT2D eigenvalue weighted by Crippen LogP contribution is 2.30. The summed E-state index contributed by atoms with van der Waals surface area (Å²) in [6.07, 6.45) is 6.39. The number of benzene rings is 6. The second-order valence-electron chi connectivity index (χ2n) is 28.2. The zero-order valence-corrected chi connectivity index (χ0v) is 65.2. The SMILES string of the molecule is CN1CCN(c2cc(N3CCN(C(=O)Cn4nc(-c5ccc(F)cc5)nc4-c4ccc(F)cc4)CC3)ncn2)CC1.CNc1cc(N2CCN(C(=O)Cn3nc(-c4ccc(F)cc4)nc3-c3ccc(F)cc3)CC2)ncn1.COCCCCOc1cc(N2CCN(C(=O)Cn3nc(-c4ccc(F)cc4)nc3-c3ccc(F)cc3)CC2)ncn1. The Labute approximate surface area is 676 Å². The minimum Gasteiger partial charge on any atom is -0.478 e. The van der Waals surface area contributed by atoms with E-state index in [0.29, 0.717) is 166 Å². The Morgan fingerprint density at radius 2 is 0.644 bits per heavy atom. The molecule has 0 atom stereocenters. The number of hydrogen-bond donors (Lipinski definition) is 1. The lowest BCUT2D eigenvalue weighted by atomic mass is 10.2. The van der Waals surface area contributed by atoms with Crippen molar-refractivity contribution >= 4 is 46.8 Å². The number of likely N-dealkylation sites (N-methyl/N-ethyl adjacent to an activating group) is 1. The first kappa shape index (κ1) is 81.3. The fourth-order valence-electron chi connectivity index (χ4n) is 13.7. The summed E-state index contributed by atoms with van der Waals surface area (Å²) in [6.45, 7) is 11.9. The zero-order valence-electron chi connectivity index (χ0n) is 65.2. The van der Waals surface area contributed by atoms with E-state index < -0.39 is 0 Å². The van der Waals surface area contributed by atoms with Crippen molar-refractivity contribution in [2.75, 3.05) is 164 Å². The predicted octanol–water partition coefficient (Wildman–Crippen LogP) is 9.69. The summed E-state index contributed by atoms with van der Waals surface area (Å²) in [5, 5.41) is 16.7. The summed E-state index contributed by atoms with van der Waals surface area (Å²) in [5.41, 5.74) is 3.72. The smallest absolute Gasteiger partial charge is 0.244 e. The molecule has 29 nitrogen and oxygen atoms in total. The average Bonchev–Trinajstić information content (AvgIpc) is 1.69. The molecule has 0 radical (unpaired) electrons. The molecule has 0 spiro atoms. The summed E-state index contributed by atoms with van der Waals surface area (Å²) < 4.78 is 96.4. The quantitative estimate of drug-likeness (QED) is 0.0460. The molecule has 6 aromatic heterocycles. The first-order valence-electron chi connectivity index (χ1n) is 38.6. The number of piperazine rings is 4. The zero-order chi connectivity index (χ0) is 82.0. The van der Waals surface area contributed by atoms with Crippen LogP contribution in [0.3, 0.4) is 0 Å². The van der Waals surface area contributed by atoms with Crippen molar-refractivity contribution < 1.29 is 50.2 Å². The summed E-state index contributed by atoms with van der Waals surface area (Å²) in [7, 11) is 5.60. The molecule has 610 valence electrons. The van der Waals surface area contributed by atoms with Gasteiger partial charge in [0.15, 0.2) is 34.9 Å². The number of carbonyl (C=O) groups is 3. The standard InChI is InChI=1S/C29H31F2N9O.C29H31F2N7O3.C25H24F2N8O/c1-36-10-12-37(13-11-36)25-18-26(33-20-32-25)38-14-16-39(17-15-38)27(41)19-40-29(22-4-8-24(31)9-5-22)34-28(35-40)21-2-6-23(30)7-3-21;1-40-16-2-3-17-41-26-18-25(32-20-33-26)36-12-14-37(15-13-36)27(39)19-38-29(22-6-10-24(31)11-7-22)34-28(35-38)21-4-8-23(30)9-5-21;1-28-21-14-22(30-16-29-21)33-10-12-34(13-11-33)23(36)15-35-25(18-4-8-20(27)9-5-18)31-24(32-35)17-2-6-19(26)7-3-17/h2-9,18,20H,10-17,19H2,1H3;4-11,18,20H,2-3,12-17,19H2,1H3;2-9,14,16H,10-13,15H2,1H3,(H,28,29,30). The van der Waals surface area contributed by atoms with Gasteiger partial charge in [-0.05, 0) is 165 Å². The Balaban J connectivity index is 0.000000146. The van der Waals surface area contributed by atoms with Gasteiger partial charge in [-0.3, -0.25) is 14.4 Å². The van der Waals surface area contributed by atoms with E-state index in [1.54, 1.807) is 103 Å². The number of halogens is 6. The fraction of sp³-hybridized carbons (Fsp3) is 0.313. The highest BCUT2D eigenvalue weighted by Gasteiger charge is 2.30. The van der Waals surface area contributed by atoms with Crippen molar-refractivity contribution in [3.05, 3.63) is 218 Å². The van der Waals surface area contributed by atoms with Gasteiger partial charge >= 0.3 is 0 Å². The molecule has 4 aliphatic heterocycles. The van der Waals surface area contributed by atoms with Crippen molar-refractivity contribution in [3.8, 4) is 74.2 Å². The maximum absolute atomic E-state index is 13.6. The first-order valence-corrected chi connectivity index (χ1v) is 38.6. The van der Waals surface area contributed by atoms with Crippen molar-refractivity contribution in [2.24, 2.45) is 0 Å². The molecular formula is C83H86F6N24O5. The van der Waals surface area contributed by atoms with E-state index in [1.165, 1.54) is 99.5 Å². The van der Waals surface area contributed by atoms with Crippen LogP contribution in [0.4, 0.5) is 55.4 Å². The number of amides is 3. The van der Waals surface area contributed by atoms with Crippen molar-refractivity contribution in [1.29, 1.82) is 0 Å². The number of aromatic nitrogens is 15. The van der Waals surface area contributed by atoms with Crippen molar-refractivity contribution in [2.45, 2.75) is 32.5 Å². The molecule has 10 heterocycles. The molecule has 1 N–H and O–H groups in total. The lowest BCUT2D eigenvalue weighted by Crippen LogP contribution is -2.50. The van der Waals surface area contributed by atoms with Crippen LogP contribution in [0.5, 0.6) is 5.88 Å². The maximum Gasteiger partial charge on any atom is 0.244 e. The Kier molecular flexibility index (Phi) is 26.5. The molecule has 0 bridgehead atoms. The first-order chi connectivity index (χ1) is 57.4. The van der Waals surface area contributed by atoms with Gasteiger partial charge in [-0.2, -0.15) is 0 Å². The lowest BCUT2D eigenvalue weighted by molar-refractivity contribution is -0.133. The van der Waals surface area contributed by atoms with Crippen LogP contribution >= 0.6 is 0 Å². The number of nitrogens with one attached hydrogen (secondary N) is 1. The largest absolute Gasteiger partial charge is 0.478 e. The van der Waals surface area contributed by atoms with Gasteiger partial charge in [-0.1, -0.05) is 0 Å². The van der Waals surface area contributed by atoms with Crippen LogP contribution in [0.1, 0.15) is 12.8 Å². The Bertz CT molecular complexity index is 5330. The summed E-state index contributed by atoms with van der Waals surface area (Å²) in [5.74, 6) is 4.42. The minimum atomic E-state index is -0.378. The highest BCUT2D eigenvalue weighted by atomic mass is 19.1. The normalized spacial score (nSPS) is 14.5. The number of carbonyl (C=O) groups excluding carboxylic acids is 3. The summed E-state index contributed by atoms with van der Waals surface area (Å²) in [6, 6.07) is 40.8. The molecule has 0 saturated carbocycles. The van der Waals surface area contributed by atoms with Gasteiger partial charge in [0, 0.05) is 177 Å². The van der Waals surface area contributed by atoms with E-state index in [1.807, 2.05) is 23.1 Å². The number of ether oxygens (including phenoxy) is 2. The van der Waals surface area contributed by atoms with Crippen LogP contribution in [0.15, 0.2) is 183 Å². The molecule has 3 amide bonds. The third-order valence-electron chi connectivity index (χ3n) is 20.3. The van der Waals surface area contributed by atoms with Gasteiger partial charge in [-0.25, -0.2) is 85.2 Å². The van der Waals surface area contributed by atoms with Crippen LogP contribution < -0.4 is 29.7 Å². The molecule has 35 heteroatoms. The van der Waals surface area contributed by atoms with Crippen LogP contribution in [0.25, 0.3) is 68.3 Å². The van der Waals surface area contributed by atoms with Gasteiger partial charge in [0.2, 0.25) is 23.6 Å². The number of anilines is 5. The van der Waals surface area contributed by atoms with Crippen LogP contribution in [0, 0.1) is 34.9 Å². The molecular weight excluding hydrogens is 1530 g/mol. The lowest BCUT2D eigenvalue weighted by Gasteiger charge is -2.36. The average molecular weight is 1610 g/mol. The number of unbranched alkanes of at least 4 members (excludes halogenated alkanes) is 1. The second kappa shape index (κ2) is 38.4. The van der Waals surface area contributed by atoms with Crippen LogP contribution in [-0.2, 0) is 38.8 Å². The van der Waals surface area contributed by atoms with Crippen molar-refractivity contribution in [1.82, 2.24) is 93.8 Å². The monoisotopic (exact) mass is 1610 g/mol. The Hall–Kier alpha value is -13.3. The molecule has 118 heavy (non-hydrogen) atoms. The Morgan fingerprint density at radius 3 is 0.975 bits per heavy atom. The topological polar surface area (TPSA) is 277 Å². The van der Waals surface area contributed by atoms with Gasteiger partial charge in [0.05, 0.1) is 6.61 Å². The second-order valence-corrected chi connectivity index (χ2v) is 28.2. The third kappa shape index (κ3) is 20.8. The van der Waals surface area contributed by atoms with Gasteiger partial charge in [0.25, 0.3) is 0 Å². The molecule has 4 fully saturated rings. The summed E-state index contributed by atoms with van der Waals surface area (Å²) >= 11 is 0. The number of methoxy groups -OCH3 is 1. The molecule has 4 saturated heterocycles. The van der Waals surface area contributed by atoms with E-state index in [-0.39, 0.29) is 72.3 Å². The van der Waals surface area contributed by atoms with E-state index >= 15 is 0 Å². The minimum absolute atomic E-state index is 0.0258. The van der Waals surface area contributed by atoms with Crippen LogP contribution in [-0.4, -0.2) is 251 Å². The van der Waals surface area contributed by atoms with Gasteiger partial charge in [-0.15, -0.1) is 15.3 Å². The van der Waals surface area contributed by atoms with E-state index in [0.717, 1.165) is 68.1 Å². The molecule has 0 unspecified atom stereocenters. The molecule has 6 aromatic carbocycles. The van der Waals surface area contributed by atoms with Gasteiger partial charge in [0.1, 0.15) is 103 Å². The highest BCUT2D eigenvalue weighted by molar-refractivity contribution is 5.79. The summed E-state index contributed by atoms with van der Waals surface area (Å²) in [4.78, 5) is 96.1. The predicted molar refractivity (Wildman–Crippen MR) is 431 cm³/mol. The van der Waals surface area contributed by atoms with E-state index in [2.05, 4.69) is 97.0 Å². The molecule has 16 rings (SSSR count). The molecule has 4 aliphatic rings. The Morgan fingerprint density at radius 1 is 0.356 bits per heavy atom. The number of rotatable bonds is 23. The number of nitrogens with zero attached hydrogens (tertiary/aromatic N) is 23. The maximum atomic E-state index is 13.6.